The molecular formula is C13H10Sc. The maximum Gasteiger partial charge on any atom is 0 e. The van der Waals surface area contributed by atoms with Gasteiger partial charge in [-0.05, 0) is 28.7 Å². The van der Waals surface area contributed by atoms with Gasteiger partial charge in [-0.3, -0.25) is 0 Å². The number of hydrogen-bond acceptors (Lipinski definition) is 0. The fraction of sp³-hybridized carbons (Fsp3) is 0.0769. The Balaban J connectivity index is 0.000000750. The third kappa shape index (κ3) is 1.40. The largest absolute Gasteiger partial charge is 0.0619 e. The molecule has 0 bridgehead atoms. The normalized spacial score (nSPS) is 11.4. The summed E-state index contributed by atoms with van der Waals surface area (Å²) in [5.41, 5.74) is 5.75. The van der Waals surface area contributed by atoms with E-state index in [2.05, 4.69) is 48.5 Å². The molecule has 0 atom stereocenters. The van der Waals surface area contributed by atoms with Gasteiger partial charge in [0.2, 0.25) is 0 Å². The van der Waals surface area contributed by atoms with Gasteiger partial charge in [0.05, 0.1) is 0 Å². The van der Waals surface area contributed by atoms with Crippen molar-refractivity contribution in [1.82, 2.24) is 0 Å². The van der Waals surface area contributed by atoms with Crippen LogP contribution in [0.2, 0.25) is 0 Å². The fourth-order valence-electron chi connectivity index (χ4n) is 2.08. The van der Waals surface area contributed by atoms with Gasteiger partial charge in [-0.1, -0.05) is 48.5 Å². The predicted molar refractivity (Wildman–Crippen MR) is 54.7 cm³/mol. The summed E-state index contributed by atoms with van der Waals surface area (Å²) < 4.78 is 0. The van der Waals surface area contributed by atoms with Crippen LogP contribution in [0.4, 0.5) is 0 Å². The van der Waals surface area contributed by atoms with Gasteiger partial charge in [0.1, 0.15) is 0 Å². The first kappa shape index (κ1) is 9.85. The second kappa shape index (κ2) is 3.82. The monoisotopic (exact) mass is 211 g/mol. The second-order valence-corrected chi connectivity index (χ2v) is 3.49. The van der Waals surface area contributed by atoms with E-state index in [-0.39, 0.29) is 25.8 Å². The molecule has 0 unspecified atom stereocenters. The molecule has 0 heterocycles. The van der Waals surface area contributed by atoms with Crippen molar-refractivity contribution in [2.24, 2.45) is 0 Å². The molecule has 0 aliphatic heterocycles. The Morgan fingerprint density at radius 3 is 1.57 bits per heavy atom. The standard InChI is InChI=1S/C13H10.Sc/c1-3-7-12-10(5-1)9-11-6-2-4-8-13(11)12;/h1-8H,9H2;. The molecule has 3 rings (SSSR count). The summed E-state index contributed by atoms with van der Waals surface area (Å²) in [5.74, 6) is 0. The van der Waals surface area contributed by atoms with E-state index in [1.807, 2.05) is 0 Å². The summed E-state index contributed by atoms with van der Waals surface area (Å²) in [4.78, 5) is 0. The Morgan fingerprint density at radius 2 is 1.07 bits per heavy atom. The van der Waals surface area contributed by atoms with E-state index in [1.54, 1.807) is 0 Å². The predicted octanol–water partition coefficient (Wildman–Crippen LogP) is 3.26. The third-order valence-corrected chi connectivity index (χ3v) is 2.71. The second-order valence-electron chi connectivity index (χ2n) is 3.49. The number of fused-ring (bicyclic) bond motifs is 3. The molecule has 0 spiro atoms. The Kier molecular flexibility index (Phi) is 2.69. The van der Waals surface area contributed by atoms with Gasteiger partial charge in [-0.25, -0.2) is 0 Å². The molecule has 1 heteroatoms. The van der Waals surface area contributed by atoms with E-state index in [9.17, 15) is 0 Å². The van der Waals surface area contributed by atoms with Crippen LogP contribution >= 0.6 is 0 Å². The van der Waals surface area contributed by atoms with Crippen molar-refractivity contribution in [3.05, 3.63) is 59.7 Å². The maximum atomic E-state index is 2.22. The Bertz CT molecular complexity index is 417. The van der Waals surface area contributed by atoms with Crippen LogP contribution in [-0.4, -0.2) is 0 Å². The Labute approximate surface area is 103 Å². The van der Waals surface area contributed by atoms with Crippen LogP contribution in [0.25, 0.3) is 11.1 Å². The molecule has 2 aromatic carbocycles. The fourth-order valence-corrected chi connectivity index (χ4v) is 2.08. The van der Waals surface area contributed by atoms with Crippen LogP contribution in [0.5, 0.6) is 0 Å². The van der Waals surface area contributed by atoms with Crippen molar-refractivity contribution in [3.8, 4) is 11.1 Å². The van der Waals surface area contributed by atoms with Gasteiger partial charge < -0.3 is 0 Å². The average Bonchev–Trinajstić information content (AvgIpc) is 2.56. The van der Waals surface area contributed by atoms with Crippen molar-refractivity contribution in [3.63, 3.8) is 0 Å². The zero-order valence-electron chi connectivity index (χ0n) is 7.90. The number of hydrogen-bond donors (Lipinski definition) is 0. The van der Waals surface area contributed by atoms with E-state index in [1.165, 1.54) is 22.3 Å². The van der Waals surface area contributed by atoms with Crippen molar-refractivity contribution in [2.75, 3.05) is 0 Å². The molecule has 65 valence electrons. The minimum Gasteiger partial charge on any atom is -0.0619 e. The molecule has 0 nitrogen and oxygen atoms in total. The van der Waals surface area contributed by atoms with Crippen LogP contribution < -0.4 is 0 Å². The molecule has 0 aromatic heterocycles. The first-order chi connectivity index (χ1) is 6.45. The quantitative estimate of drug-likeness (QED) is 0.535. The molecule has 14 heavy (non-hydrogen) atoms. The molecule has 0 saturated heterocycles. The molecule has 0 amide bonds. The molecular weight excluding hydrogens is 201 g/mol. The minimum atomic E-state index is 0. The summed E-state index contributed by atoms with van der Waals surface area (Å²) in [6, 6.07) is 17.3. The van der Waals surface area contributed by atoms with Crippen LogP contribution in [0.15, 0.2) is 48.5 Å². The van der Waals surface area contributed by atoms with E-state index in [0.29, 0.717) is 0 Å². The van der Waals surface area contributed by atoms with Gasteiger partial charge >= 0.3 is 0 Å². The van der Waals surface area contributed by atoms with Crippen molar-refractivity contribution < 1.29 is 25.8 Å². The Morgan fingerprint density at radius 1 is 0.643 bits per heavy atom. The molecule has 1 aliphatic rings. The van der Waals surface area contributed by atoms with Crippen molar-refractivity contribution >= 4 is 0 Å². The molecule has 0 N–H and O–H groups in total. The van der Waals surface area contributed by atoms with Crippen LogP contribution in [0.3, 0.4) is 0 Å². The zero-order chi connectivity index (χ0) is 8.67. The van der Waals surface area contributed by atoms with Gasteiger partial charge in [0.25, 0.3) is 0 Å². The Hall–Kier alpha value is -0.690. The summed E-state index contributed by atoms with van der Waals surface area (Å²) in [7, 11) is 0. The van der Waals surface area contributed by atoms with E-state index < -0.39 is 0 Å². The summed E-state index contributed by atoms with van der Waals surface area (Å²) in [6.45, 7) is 0. The van der Waals surface area contributed by atoms with Gasteiger partial charge in [0, 0.05) is 25.8 Å². The van der Waals surface area contributed by atoms with Crippen molar-refractivity contribution in [2.45, 2.75) is 6.42 Å². The smallest absolute Gasteiger partial charge is 0 e. The van der Waals surface area contributed by atoms with Crippen LogP contribution in [0.1, 0.15) is 11.1 Å². The molecule has 1 radical (unpaired) electrons. The first-order valence-electron chi connectivity index (χ1n) is 4.61. The van der Waals surface area contributed by atoms with Crippen LogP contribution in [0, 0.1) is 0 Å². The minimum absolute atomic E-state index is 0. The topological polar surface area (TPSA) is 0 Å². The summed E-state index contributed by atoms with van der Waals surface area (Å²) in [6.07, 6.45) is 1.10. The molecule has 0 fully saturated rings. The summed E-state index contributed by atoms with van der Waals surface area (Å²) >= 11 is 0. The van der Waals surface area contributed by atoms with Gasteiger partial charge in [0.15, 0.2) is 0 Å². The molecule has 2 aromatic rings. The number of rotatable bonds is 0. The van der Waals surface area contributed by atoms with Gasteiger partial charge in [-0.15, -0.1) is 0 Å². The molecule has 1 aliphatic carbocycles. The maximum absolute atomic E-state index is 2.22. The number of benzene rings is 2. The zero-order valence-corrected chi connectivity index (χ0v) is 9.71. The average molecular weight is 211 g/mol. The van der Waals surface area contributed by atoms with E-state index in [0.717, 1.165) is 6.42 Å². The summed E-state index contributed by atoms with van der Waals surface area (Å²) in [5, 5.41) is 0. The third-order valence-electron chi connectivity index (χ3n) is 2.71. The first-order valence-corrected chi connectivity index (χ1v) is 4.61. The van der Waals surface area contributed by atoms with Crippen LogP contribution in [-0.2, 0) is 32.3 Å². The molecule has 0 saturated carbocycles. The van der Waals surface area contributed by atoms with Gasteiger partial charge in [-0.2, -0.15) is 0 Å². The van der Waals surface area contributed by atoms with E-state index in [4.69, 9.17) is 0 Å². The SMILES string of the molecule is [Sc].c1ccc2c(c1)Cc1ccccc1-2. The van der Waals surface area contributed by atoms with Crippen molar-refractivity contribution in [1.29, 1.82) is 0 Å². The van der Waals surface area contributed by atoms with E-state index >= 15 is 0 Å².